The molecule has 0 aromatic rings. The van der Waals surface area contributed by atoms with Gasteiger partial charge < -0.3 is 24.3 Å². The molecule has 4 heterocycles. The predicted octanol–water partition coefficient (Wildman–Crippen LogP) is 7.25. The standard InChI is InChI=1S/C19H36N2.C18H36N2O/c1-15(2)17-5-9-21(10-6-17)18-13-19(14-18)7-11-20(12-8-19)16(3)4;1-15(2)17-6-10-19(11-7-17)14-18(21-5)8-12-20(13-9-18)16(3)4/h15-18H,5-14H2,1-4H3;15-17H,6-14H2,1-5H3. The van der Waals surface area contributed by atoms with Gasteiger partial charge in [-0.15, -0.1) is 0 Å². The van der Waals surface area contributed by atoms with Crippen LogP contribution in [-0.2, 0) is 4.74 Å². The molecule has 0 atom stereocenters. The van der Waals surface area contributed by atoms with Gasteiger partial charge in [0, 0.05) is 44.9 Å². The van der Waals surface area contributed by atoms with Crippen LogP contribution in [0.1, 0.15) is 120 Å². The minimum Gasteiger partial charge on any atom is -0.377 e. The van der Waals surface area contributed by atoms with E-state index in [2.05, 4.69) is 75.0 Å². The average Bonchev–Trinajstić information content (AvgIpc) is 2.97. The van der Waals surface area contributed by atoms with Gasteiger partial charge in [-0.3, -0.25) is 0 Å². The largest absolute Gasteiger partial charge is 0.377 e. The summed E-state index contributed by atoms with van der Waals surface area (Å²) in [6.45, 7) is 30.3. The third-order valence-electron chi connectivity index (χ3n) is 12.9. The van der Waals surface area contributed by atoms with Gasteiger partial charge in [-0.25, -0.2) is 0 Å². The zero-order valence-electron chi connectivity index (χ0n) is 29.7. The fourth-order valence-corrected chi connectivity index (χ4v) is 9.13. The van der Waals surface area contributed by atoms with Gasteiger partial charge in [0.25, 0.3) is 0 Å². The SMILES string of the molecule is CC(C)C1CCN(C2CC3(CCN(C(C)C)CC3)C2)CC1.COC1(CN2CCC(C(C)C)CC2)CCN(C(C)C)CC1. The molecule has 5 fully saturated rings. The van der Waals surface area contributed by atoms with E-state index in [4.69, 9.17) is 4.74 Å². The molecular formula is C37H72N4O. The predicted molar refractivity (Wildman–Crippen MR) is 180 cm³/mol. The zero-order chi connectivity index (χ0) is 30.5. The van der Waals surface area contributed by atoms with Crippen LogP contribution < -0.4 is 0 Å². The van der Waals surface area contributed by atoms with E-state index in [9.17, 15) is 0 Å². The summed E-state index contributed by atoms with van der Waals surface area (Å²) in [5.41, 5.74) is 0.848. The number of piperidine rings is 4. The first-order valence-electron chi connectivity index (χ1n) is 18.4. The summed E-state index contributed by atoms with van der Waals surface area (Å²) in [7, 11) is 1.92. The molecule has 5 rings (SSSR count). The molecule has 0 aromatic carbocycles. The molecular weight excluding hydrogens is 516 g/mol. The molecule has 1 spiro atoms. The highest BCUT2D eigenvalue weighted by molar-refractivity contribution is 5.02. The molecule has 0 bridgehead atoms. The number of rotatable bonds is 8. The Labute approximate surface area is 262 Å². The Hall–Kier alpha value is -0.200. The summed E-state index contributed by atoms with van der Waals surface area (Å²) in [6.07, 6.45) is 13.9. The Bertz CT molecular complexity index is 757. The van der Waals surface area contributed by atoms with Crippen molar-refractivity contribution in [2.45, 2.75) is 143 Å². The lowest BCUT2D eigenvalue weighted by molar-refractivity contribution is -0.0842. The normalized spacial score (nSPS) is 27.6. The summed E-state index contributed by atoms with van der Waals surface area (Å²) in [4.78, 5) is 10.8. The quantitative estimate of drug-likeness (QED) is 0.297. The maximum absolute atomic E-state index is 6.02. The molecule has 0 amide bonds. The number of likely N-dealkylation sites (tertiary alicyclic amines) is 4. The summed E-state index contributed by atoms with van der Waals surface area (Å²) in [6, 6.07) is 2.35. The minimum atomic E-state index is 0.107. The number of methoxy groups -OCH3 is 1. The Morgan fingerprint density at radius 2 is 1.02 bits per heavy atom. The van der Waals surface area contributed by atoms with Gasteiger partial charge in [-0.1, -0.05) is 27.7 Å². The number of hydrogen-bond acceptors (Lipinski definition) is 5. The van der Waals surface area contributed by atoms with E-state index in [-0.39, 0.29) is 5.60 Å². The van der Waals surface area contributed by atoms with Crippen LogP contribution in [0.2, 0.25) is 0 Å². The third-order valence-corrected chi connectivity index (χ3v) is 12.9. The summed E-state index contributed by atoms with van der Waals surface area (Å²) >= 11 is 0. The van der Waals surface area contributed by atoms with Crippen LogP contribution >= 0.6 is 0 Å². The second kappa shape index (κ2) is 15.4. The number of hydrogen-bond donors (Lipinski definition) is 0. The molecule has 246 valence electrons. The van der Waals surface area contributed by atoms with Crippen molar-refractivity contribution in [2.75, 3.05) is 66.0 Å². The van der Waals surface area contributed by atoms with Crippen molar-refractivity contribution in [3.8, 4) is 0 Å². The van der Waals surface area contributed by atoms with Gasteiger partial charge in [-0.2, -0.15) is 0 Å². The Morgan fingerprint density at radius 3 is 1.43 bits per heavy atom. The van der Waals surface area contributed by atoms with Crippen molar-refractivity contribution in [2.24, 2.45) is 29.1 Å². The molecule has 1 saturated carbocycles. The van der Waals surface area contributed by atoms with Crippen molar-refractivity contribution in [3.63, 3.8) is 0 Å². The maximum atomic E-state index is 6.02. The van der Waals surface area contributed by atoms with Crippen molar-refractivity contribution >= 4 is 0 Å². The molecule has 5 heteroatoms. The zero-order valence-corrected chi connectivity index (χ0v) is 29.7. The molecule has 0 N–H and O–H groups in total. The third kappa shape index (κ3) is 8.95. The fraction of sp³-hybridized carbons (Fsp3) is 1.00. The van der Waals surface area contributed by atoms with Crippen LogP contribution in [0.3, 0.4) is 0 Å². The van der Waals surface area contributed by atoms with Gasteiger partial charge in [0.05, 0.1) is 5.60 Å². The molecule has 1 aliphatic carbocycles. The Balaban J connectivity index is 0.000000193. The van der Waals surface area contributed by atoms with Gasteiger partial charge in [-0.05, 0) is 160 Å². The van der Waals surface area contributed by atoms with E-state index in [1.165, 1.54) is 117 Å². The highest BCUT2D eigenvalue weighted by Gasteiger charge is 2.48. The lowest BCUT2D eigenvalue weighted by Crippen LogP contribution is -2.57. The van der Waals surface area contributed by atoms with E-state index < -0.39 is 0 Å². The second-order valence-corrected chi connectivity index (χ2v) is 16.7. The maximum Gasteiger partial charge on any atom is 0.0829 e. The summed E-state index contributed by atoms with van der Waals surface area (Å²) < 4.78 is 6.02. The lowest BCUT2D eigenvalue weighted by atomic mass is 9.59. The van der Waals surface area contributed by atoms with E-state index in [0.29, 0.717) is 6.04 Å². The molecule has 42 heavy (non-hydrogen) atoms. The lowest BCUT2D eigenvalue weighted by Gasteiger charge is -2.56. The van der Waals surface area contributed by atoms with E-state index in [0.717, 1.165) is 47.7 Å². The topological polar surface area (TPSA) is 22.2 Å². The highest BCUT2D eigenvalue weighted by Crippen LogP contribution is 2.51. The fourth-order valence-electron chi connectivity index (χ4n) is 9.13. The molecule has 4 saturated heterocycles. The van der Waals surface area contributed by atoms with Crippen molar-refractivity contribution in [1.29, 1.82) is 0 Å². The second-order valence-electron chi connectivity index (χ2n) is 16.7. The number of ether oxygens (including phenoxy) is 1. The molecule has 0 unspecified atom stereocenters. The first kappa shape index (κ1) is 34.7. The molecule has 0 radical (unpaired) electrons. The Kier molecular flexibility index (Phi) is 12.7. The monoisotopic (exact) mass is 589 g/mol. The molecule has 0 aromatic heterocycles. The van der Waals surface area contributed by atoms with E-state index in [1.807, 2.05) is 7.11 Å². The Morgan fingerprint density at radius 1 is 0.595 bits per heavy atom. The van der Waals surface area contributed by atoms with Gasteiger partial charge in [0.15, 0.2) is 0 Å². The van der Waals surface area contributed by atoms with Crippen LogP contribution in [0.25, 0.3) is 0 Å². The van der Waals surface area contributed by atoms with Gasteiger partial charge in [0.2, 0.25) is 0 Å². The first-order chi connectivity index (χ1) is 19.9. The van der Waals surface area contributed by atoms with Crippen LogP contribution in [0.15, 0.2) is 0 Å². The number of nitrogens with zero attached hydrogens (tertiary/aromatic N) is 4. The highest BCUT2D eigenvalue weighted by atomic mass is 16.5. The van der Waals surface area contributed by atoms with Crippen LogP contribution in [-0.4, -0.2) is 109 Å². The van der Waals surface area contributed by atoms with Crippen LogP contribution in [0.4, 0.5) is 0 Å². The summed E-state index contributed by atoms with van der Waals surface area (Å²) in [5.74, 6) is 3.66. The minimum absolute atomic E-state index is 0.107. The molecule has 5 aliphatic rings. The van der Waals surface area contributed by atoms with Gasteiger partial charge in [0.1, 0.15) is 0 Å². The van der Waals surface area contributed by atoms with Crippen LogP contribution in [0, 0.1) is 29.1 Å². The molecule has 4 aliphatic heterocycles. The van der Waals surface area contributed by atoms with Gasteiger partial charge >= 0.3 is 0 Å². The smallest absolute Gasteiger partial charge is 0.0829 e. The van der Waals surface area contributed by atoms with Crippen molar-refractivity contribution < 1.29 is 4.74 Å². The van der Waals surface area contributed by atoms with Crippen molar-refractivity contribution in [1.82, 2.24) is 19.6 Å². The summed E-state index contributed by atoms with van der Waals surface area (Å²) in [5, 5.41) is 0. The average molecular weight is 589 g/mol. The van der Waals surface area contributed by atoms with E-state index in [1.54, 1.807) is 0 Å². The first-order valence-corrected chi connectivity index (χ1v) is 18.4. The van der Waals surface area contributed by atoms with Crippen LogP contribution in [0.5, 0.6) is 0 Å². The van der Waals surface area contributed by atoms with Crippen molar-refractivity contribution in [3.05, 3.63) is 0 Å². The van der Waals surface area contributed by atoms with E-state index >= 15 is 0 Å². The molecule has 5 nitrogen and oxygen atoms in total.